The number of carbonyl (C=O) groups excluding carboxylic acids is 1. The van der Waals surface area contributed by atoms with Gasteiger partial charge in [-0.15, -0.1) is 12.4 Å². The molecular formula is C28H29Cl2N5O3S2. The summed E-state index contributed by atoms with van der Waals surface area (Å²) in [6.45, 7) is 5.21. The van der Waals surface area contributed by atoms with E-state index in [2.05, 4.69) is 15.1 Å². The highest BCUT2D eigenvalue weighted by Gasteiger charge is 2.30. The largest absolute Gasteiger partial charge is 0.351 e. The topological polar surface area (TPSA) is 85.9 Å². The number of para-hydroxylation sites is 1. The second kappa shape index (κ2) is 11.9. The molecule has 6 rings (SSSR count). The van der Waals surface area contributed by atoms with Gasteiger partial charge in [-0.2, -0.15) is 0 Å². The van der Waals surface area contributed by atoms with Crippen LogP contribution in [0.25, 0.3) is 10.2 Å². The third kappa shape index (κ3) is 5.77. The average Bonchev–Trinajstić information content (AvgIpc) is 3.58. The summed E-state index contributed by atoms with van der Waals surface area (Å²) in [5.41, 5.74) is 3.17. The first-order valence-corrected chi connectivity index (χ1v) is 15.5. The van der Waals surface area contributed by atoms with Gasteiger partial charge >= 0.3 is 0 Å². The van der Waals surface area contributed by atoms with Gasteiger partial charge in [-0.05, 0) is 60.5 Å². The van der Waals surface area contributed by atoms with Crippen LogP contribution in [0.1, 0.15) is 15.9 Å². The predicted octanol–water partition coefficient (Wildman–Crippen LogP) is 4.67. The molecule has 0 spiro atoms. The number of aromatic nitrogens is 1. The van der Waals surface area contributed by atoms with Gasteiger partial charge in [0, 0.05) is 56.4 Å². The number of anilines is 2. The van der Waals surface area contributed by atoms with Crippen molar-refractivity contribution in [3.8, 4) is 0 Å². The maximum absolute atomic E-state index is 13.2. The first kappa shape index (κ1) is 28.6. The van der Waals surface area contributed by atoms with Crippen LogP contribution in [-0.2, 0) is 16.4 Å². The fourth-order valence-electron chi connectivity index (χ4n) is 5.08. The van der Waals surface area contributed by atoms with Crippen LogP contribution in [0.15, 0.2) is 71.6 Å². The number of nitrogens with one attached hydrogen (secondary N) is 1. The zero-order valence-electron chi connectivity index (χ0n) is 21.6. The maximum Gasteiger partial charge on any atom is 0.264 e. The van der Waals surface area contributed by atoms with Gasteiger partial charge in [0.15, 0.2) is 5.13 Å². The number of benzene rings is 3. The van der Waals surface area contributed by atoms with Crippen LogP contribution in [0.3, 0.4) is 0 Å². The van der Waals surface area contributed by atoms with E-state index in [1.165, 1.54) is 16.4 Å². The zero-order chi connectivity index (χ0) is 27.0. The molecule has 0 saturated carbocycles. The van der Waals surface area contributed by atoms with E-state index >= 15 is 0 Å². The van der Waals surface area contributed by atoms with E-state index < -0.39 is 10.0 Å². The lowest BCUT2D eigenvalue weighted by Crippen LogP contribution is -2.48. The van der Waals surface area contributed by atoms with Crippen LogP contribution in [0.5, 0.6) is 0 Å². The highest BCUT2D eigenvalue weighted by molar-refractivity contribution is 7.92. The summed E-state index contributed by atoms with van der Waals surface area (Å²) in [7, 11) is -3.68. The molecule has 1 fully saturated rings. The Bertz CT molecular complexity index is 1620. The molecular weight excluding hydrogens is 589 g/mol. The lowest BCUT2D eigenvalue weighted by molar-refractivity contribution is 0.0947. The minimum atomic E-state index is -3.68. The number of carbonyl (C=O) groups is 1. The molecule has 3 aromatic carbocycles. The second-order valence-corrected chi connectivity index (χ2v) is 13.0. The van der Waals surface area contributed by atoms with Crippen molar-refractivity contribution in [2.45, 2.75) is 11.3 Å². The summed E-state index contributed by atoms with van der Waals surface area (Å²) in [5, 5.41) is 4.70. The minimum Gasteiger partial charge on any atom is -0.351 e. The number of piperazine rings is 1. The highest BCUT2D eigenvalue weighted by atomic mass is 35.5. The molecule has 40 heavy (non-hydrogen) atoms. The number of sulfonamides is 1. The van der Waals surface area contributed by atoms with Crippen LogP contribution < -0.4 is 14.5 Å². The summed E-state index contributed by atoms with van der Waals surface area (Å²) in [5.74, 6) is -0.211. The fourth-order valence-corrected chi connectivity index (χ4v) is 7.87. The van der Waals surface area contributed by atoms with Gasteiger partial charge in [0.25, 0.3) is 15.9 Å². The van der Waals surface area contributed by atoms with Gasteiger partial charge in [0.1, 0.15) is 0 Å². The number of hydrogen-bond acceptors (Lipinski definition) is 7. The molecule has 1 saturated heterocycles. The Kier molecular flexibility index (Phi) is 8.53. The van der Waals surface area contributed by atoms with Crippen LogP contribution in [-0.4, -0.2) is 70.0 Å². The molecule has 210 valence electrons. The number of nitrogens with zero attached hydrogens (tertiary/aromatic N) is 4. The average molecular weight is 619 g/mol. The summed E-state index contributed by atoms with van der Waals surface area (Å²) in [6, 6.07) is 19.5. The summed E-state index contributed by atoms with van der Waals surface area (Å²) in [4.78, 5) is 22.2. The van der Waals surface area contributed by atoms with Crippen LogP contribution in [0.4, 0.5) is 10.8 Å². The van der Waals surface area contributed by atoms with E-state index in [0.717, 1.165) is 64.3 Å². The second-order valence-electron chi connectivity index (χ2n) is 9.67. The van der Waals surface area contributed by atoms with Gasteiger partial charge < -0.3 is 10.2 Å². The zero-order valence-corrected chi connectivity index (χ0v) is 24.8. The molecule has 0 unspecified atom stereocenters. The number of thiazole rings is 1. The van der Waals surface area contributed by atoms with Gasteiger partial charge in [0.05, 0.1) is 20.8 Å². The molecule has 0 radical (unpaired) electrons. The lowest BCUT2D eigenvalue weighted by atomic mass is 10.2. The molecule has 1 aromatic heterocycles. The lowest BCUT2D eigenvalue weighted by Gasteiger charge is -2.34. The van der Waals surface area contributed by atoms with Crippen molar-refractivity contribution >= 4 is 72.3 Å². The van der Waals surface area contributed by atoms with Crippen molar-refractivity contribution in [2.75, 3.05) is 55.0 Å². The Morgan fingerprint density at radius 3 is 2.50 bits per heavy atom. The summed E-state index contributed by atoms with van der Waals surface area (Å²) in [6.07, 6.45) is 0.697. The Hall–Kier alpha value is -2.89. The van der Waals surface area contributed by atoms with E-state index in [-0.39, 0.29) is 23.2 Å². The molecule has 0 atom stereocenters. The minimum absolute atomic E-state index is 0. The van der Waals surface area contributed by atoms with Gasteiger partial charge in [0.2, 0.25) is 0 Å². The molecule has 1 N–H and O–H groups in total. The third-order valence-corrected chi connectivity index (χ3v) is 10.4. The number of hydrogen-bond donors (Lipinski definition) is 1. The summed E-state index contributed by atoms with van der Waals surface area (Å²) < 4.78 is 29.0. The molecule has 3 heterocycles. The van der Waals surface area contributed by atoms with Gasteiger partial charge in [-0.1, -0.05) is 41.1 Å². The number of fused-ring (bicyclic) bond motifs is 2. The van der Waals surface area contributed by atoms with Gasteiger partial charge in [-0.25, -0.2) is 13.4 Å². The molecule has 2 aliphatic heterocycles. The highest BCUT2D eigenvalue weighted by Crippen LogP contribution is 2.33. The van der Waals surface area contributed by atoms with Crippen molar-refractivity contribution in [3.05, 3.63) is 82.9 Å². The standard InChI is InChI=1S/C28H28ClN5O3S2.ClH/c29-22-7-10-24-26(19-22)38-28(31-24)33-17-15-32(16-18-33)14-12-30-27(35)21-5-8-23(9-6-21)39(36,37)34-13-11-20-3-1-2-4-25(20)34;/h1-10,19H,11-18H2,(H,30,35);1H. The molecule has 12 heteroatoms. The van der Waals surface area contributed by atoms with Crippen LogP contribution in [0.2, 0.25) is 5.02 Å². The van der Waals surface area contributed by atoms with Crippen molar-refractivity contribution < 1.29 is 13.2 Å². The number of halogens is 2. The fraction of sp³-hybridized carbons (Fsp3) is 0.286. The van der Waals surface area contributed by atoms with Crippen LogP contribution >= 0.6 is 35.3 Å². The van der Waals surface area contributed by atoms with E-state index in [0.29, 0.717) is 25.1 Å². The van der Waals surface area contributed by atoms with Crippen molar-refractivity contribution in [1.29, 1.82) is 0 Å². The van der Waals surface area contributed by atoms with Crippen molar-refractivity contribution in [3.63, 3.8) is 0 Å². The molecule has 4 aromatic rings. The third-order valence-electron chi connectivity index (χ3n) is 7.24. The Morgan fingerprint density at radius 1 is 0.975 bits per heavy atom. The Balaban J connectivity index is 0.00000323. The van der Waals surface area contributed by atoms with Gasteiger partial charge in [-0.3, -0.25) is 14.0 Å². The van der Waals surface area contributed by atoms with E-state index in [4.69, 9.17) is 16.6 Å². The SMILES string of the molecule is Cl.O=C(NCCN1CCN(c2nc3ccc(Cl)cc3s2)CC1)c1ccc(S(=O)(=O)N2CCc3ccccc32)cc1. The Labute approximate surface area is 249 Å². The molecule has 0 aliphatic carbocycles. The molecule has 8 nitrogen and oxygen atoms in total. The van der Waals surface area contributed by atoms with E-state index in [1.54, 1.807) is 23.5 Å². The van der Waals surface area contributed by atoms with E-state index in [9.17, 15) is 13.2 Å². The quantitative estimate of drug-likeness (QED) is 0.324. The van der Waals surface area contributed by atoms with Crippen LogP contribution in [0, 0.1) is 0 Å². The van der Waals surface area contributed by atoms with E-state index in [1.807, 2.05) is 42.5 Å². The molecule has 2 aliphatic rings. The number of amides is 1. The number of rotatable bonds is 7. The van der Waals surface area contributed by atoms with Crippen molar-refractivity contribution in [1.82, 2.24) is 15.2 Å². The van der Waals surface area contributed by atoms with Crippen molar-refractivity contribution in [2.24, 2.45) is 0 Å². The first-order valence-electron chi connectivity index (χ1n) is 12.9. The summed E-state index contributed by atoms with van der Waals surface area (Å²) >= 11 is 7.77. The monoisotopic (exact) mass is 617 g/mol. The molecule has 0 bridgehead atoms. The Morgan fingerprint density at radius 2 is 1.73 bits per heavy atom. The predicted molar refractivity (Wildman–Crippen MR) is 164 cm³/mol. The molecule has 1 amide bonds. The first-order chi connectivity index (χ1) is 18.9. The normalized spacial score (nSPS) is 15.6. The smallest absolute Gasteiger partial charge is 0.264 e. The maximum atomic E-state index is 13.2.